The van der Waals surface area contributed by atoms with Crippen LogP contribution < -0.4 is 4.74 Å². The number of nitro benzene ring substituents is 1. The third kappa shape index (κ3) is 3.42. The van der Waals surface area contributed by atoms with E-state index < -0.39 is 4.92 Å². The number of rotatable bonds is 5. The zero-order chi connectivity index (χ0) is 18.8. The fraction of sp³-hybridized carbons (Fsp3) is 0.0556. The lowest BCUT2D eigenvalue weighted by Crippen LogP contribution is -2.00. The van der Waals surface area contributed by atoms with Crippen molar-refractivity contribution in [1.29, 1.82) is 0 Å². The molecule has 0 radical (unpaired) electrons. The van der Waals surface area contributed by atoms with Crippen LogP contribution in [0.2, 0.25) is 5.02 Å². The zero-order valence-corrected chi connectivity index (χ0v) is 14.6. The minimum absolute atomic E-state index is 0.0175. The zero-order valence-electron chi connectivity index (χ0n) is 13.8. The van der Waals surface area contributed by atoms with Crippen molar-refractivity contribution in [2.45, 2.75) is 6.61 Å². The molecule has 0 N–H and O–H groups in total. The summed E-state index contributed by atoms with van der Waals surface area (Å²) in [5, 5.41) is 20.6. The number of nitro groups is 1. The quantitative estimate of drug-likeness (QED) is 0.383. The third-order valence-electron chi connectivity index (χ3n) is 3.90. The lowest BCUT2D eigenvalue weighted by Gasteiger charge is -2.06. The lowest BCUT2D eigenvalue weighted by atomic mass is 10.2. The summed E-state index contributed by atoms with van der Waals surface area (Å²) >= 11 is 6.15. The highest BCUT2D eigenvalue weighted by atomic mass is 35.5. The van der Waals surface area contributed by atoms with Gasteiger partial charge >= 0.3 is 5.69 Å². The Kier molecular flexibility index (Phi) is 4.39. The summed E-state index contributed by atoms with van der Waals surface area (Å²) in [5.41, 5.74) is 1.66. The van der Waals surface area contributed by atoms with Crippen LogP contribution in [0.25, 0.3) is 16.6 Å². The minimum Gasteiger partial charge on any atom is -0.480 e. The van der Waals surface area contributed by atoms with Crippen LogP contribution in [0.5, 0.6) is 5.75 Å². The van der Waals surface area contributed by atoms with E-state index in [0.29, 0.717) is 27.3 Å². The van der Waals surface area contributed by atoms with Gasteiger partial charge in [-0.2, -0.15) is 0 Å². The van der Waals surface area contributed by atoms with Gasteiger partial charge in [0.2, 0.25) is 0 Å². The summed E-state index contributed by atoms with van der Waals surface area (Å²) in [6.07, 6.45) is 3.28. The first-order chi connectivity index (χ1) is 13.1. The van der Waals surface area contributed by atoms with Crippen molar-refractivity contribution in [2.24, 2.45) is 0 Å². The van der Waals surface area contributed by atoms with Crippen LogP contribution in [0, 0.1) is 10.1 Å². The molecular formula is C18H12ClN5O3. The van der Waals surface area contributed by atoms with Crippen LogP contribution in [0.3, 0.4) is 0 Å². The molecule has 4 rings (SSSR count). The number of para-hydroxylation sites is 1. The maximum Gasteiger partial charge on any atom is 0.311 e. The number of nitrogens with zero attached hydrogens (tertiary/aromatic N) is 5. The van der Waals surface area contributed by atoms with Crippen molar-refractivity contribution in [3.63, 3.8) is 0 Å². The molecule has 0 atom stereocenters. The fourth-order valence-corrected chi connectivity index (χ4v) is 2.84. The van der Waals surface area contributed by atoms with Gasteiger partial charge in [0.05, 0.1) is 27.3 Å². The van der Waals surface area contributed by atoms with Crippen molar-refractivity contribution >= 4 is 28.2 Å². The molecule has 0 saturated carbocycles. The first-order valence-corrected chi connectivity index (χ1v) is 8.32. The van der Waals surface area contributed by atoms with Gasteiger partial charge in [-0.25, -0.2) is 4.68 Å². The van der Waals surface area contributed by atoms with E-state index in [1.165, 1.54) is 10.7 Å². The Hall–Kier alpha value is -3.52. The number of aromatic nitrogens is 4. The van der Waals surface area contributed by atoms with Crippen LogP contribution >= 0.6 is 11.6 Å². The summed E-state index contributed by atoms with van der Waals surface area (Å²) in [6.45, 7) is 0.0175. The Morgan fingerprint density at radius 1 is 1.19 bits per heavy atom. The molecule has 0 spiro atoms. The van der Waals surface area contributed by atoms with Gasteiger partial charge in [0.25, 0.3) is 0 Å². The fourth-order valence-electron chi connectivity index (χ4n) is 2.62. The molecule has 2 aromatic carbocycles. The Bertz CT molecular complexity index is 1140. The maximum absolute atomic E-state index is 11.4. The van der Waals surface area contributed by atoms with Crippen molar-refractivity contribution in [2.75, 3.05) is 0 Å². The predicted molar refractivity (Wildman–Crippen MR) is 99.1 cm³/mol. The first-order valence-electron chi connectivity index (χ1n) is 7.94. The van der Waals surface area contributed by atoms with Crippen molar-refractivity contribution in [3.8, 4) is 11.4 Å². The average Bonchev–Trinajstić information content (AvgIpc) is 3.14. The predicted octanol–water partition coefficient (Wildman–Crippen LogP) is 3.96. The number of halogens is 1. The highest BCUT2D eigenvalue weighted by Crippen LogP contribution is 2.31. The molecular weight excluding hydrogens is 370 g/mol. The average molecular weight is 382 g/mol. The second kappa shape index (κ2) is 7.00. The highest BCUT2D eigenvalue weighted by molar-refractivity contribution is 6.32. The molecule has 0 bridgehead atoms. The number of hydrogen-bond acceptors (Lipinski definition) is 6. The van der Waals surface area contributed by atoms with Gasteiger partial charge in [-0.15, -0.1) is 5.10 Å². The molecule has 0 aliphatic carbocycles. The molecule has 9 heteroatoms. The van der Waals surface area contributed by atoms with E-state index in [0.717, 1.165) is 0 Å². The first kappa shape index (κ1) is 16.9. The van der Waals surface area contributed by atoms with Gasteiger partial charge in [-0.05, 0) is 18.2 Å². The molecule has 0 amide bonds. The van der Waals surface area contributed by atoms with Crippen molar-refractivity contribution < 1.29 is 9.66 Å². The van der Waals surface area contributed by atoms with Gasteiger partial charge in [-0.3, -0.25) is 15.1 Å². The molecule has 2 heterocycles. The van der Waals surface area contributed by atoms with Gasteiger partial charge in [-0.1, -0.05) is 35.0 Å². The molecule has 0 saturated heterocycles. The number of pyridine rings is 1. The van der Waals surface area contributed by atoms with Gasteiger partial charge in [0, 0.05) is 23.7 Å². The van der Waals surface area contributed by atoms with Gasteiger partial charge in [0.1, 0.15) is 12.3 Å². The summed E-state index contributed by atoms with van der Waals surface area (Å²) in [4.78, 5) is 15.1. The van der Waals surface area contributed by atoms with Crippen molar-refractivity contribution in [1.82, 2.24) is 20.0 Å². The second-order valence-corrected chi connectivity index (χ2v) is 6.07. The van der Waals surface area contributed by atoms with Crippen LogP contribution in [0.4, 0.5) is 5.69 Å². The van der Waals surface area contributed by atoms with E-state index in [1.807, 2.05) is 18.2 Å². The highest BCUT2D eigenvalue weighted by Gasteiger charge is 2.18. The topological polar surface area (TPSA) is 96.0 Å². The summed E-state index contributed by atoms with van der Waals surface area (Å²) in [6, 6.07) is 13.7. The molecule has 27 heavy (non-hydrogen) atoms. The second-order valence-electron chi connectivity index (χ2n) is 5.67. The van der Waals surface area contributed by atoms with E-state index in [2.05, 4.69) is 15.3 Å². The molecule has 0 aliphatic heterocycles. The SMILES string of the molecule is O=[N+]([O-])c1cc2cccnc2cc1OCc1cn(-c2ccccc2Cl)nn1. The van der Waals surface area contributed by atoms with Crippen LogP contribution in [-0.2, 0) is 6.61 Å². The monoisotopic (exact) mass is 381 g/mol. The van der Waals surface area contributed by atoms with E-state index in [9.17, 15) is 10.1 Å². The maximum atomic E-state index is 11.4. The smallest absolute Gasteiger partial charge is 0.311 e. The third-order valence-corrected chi connectivity index (χ3v) is 4.22. The Balaban J connectivity index is 1.60. The van der Waals surface area contributed by atoms with E-state index in [-0.39, 0.29) is 18.0 Å². The normalized spacial score (nSPS) is 10.9. The largest absolute Gasteiger partial charge is 0.480 e. The van der Waals surface area contributed by atoms with Gasteiger partial charge in [0.15, 0.2) is 5.75 Å². The summed E-state index contributed by atoms with van der Waals surface area (Å²) in [5.74, 6) is 0.124. The van der Waals surface area contributed by atoms with Gasteiger partial charge < -0.3 is 4.74 Å². The standard InChI is InChI=1S/C18H12ClN5O3/c19-14-5-1-2-6-16(14)23-10-13(21-22-23)11-27-18-9-15-12(4-3-7-20-15)8-17(18)24(25)26/h1-10H,11H2. The van der Waals surface area contributed by atoms with Crippen LogP contribution in [0.1, 0.15) is 5.69 Å². The molecule has 2 aromatic heterocycles. The minimum atomic E-state index is -0.484. The molecule has 0 fully saturated rings. The number of fused-ring (bicyclic) bond motifs is 1. The van der Waals surface area contributed by atoms with Crippen molar-refractivity contribution in [3.05, 3.63) is 81.8 Å². The Morgan fingerprint density at radius 2 is 2.04 bits per heavy atom. The Labute approximate surface area is 158 Å². The Morgan fingerprint density at radius 3 is 2.85 bits per heavy atom. The molecule has 4 aromatic rings. The number of ether oxygens (including phenoxy) is 1. The molecule has 134 valence electrons. The summed E-state index contributed by atoms with van der Waals surface area (Å²) < 4.78 is 7.17. The lowest BCUT2D eigenvalue weighted by molar-refractivity contribution is -0.385. The van der Waals surface area contributed by atoms with E-state index >= 15 is 0 Å². The molecule has 0 unspecified atom stereocenters. The van der Waals surface area contributed by atoms with Crippen LogP contribution in [0.15, 0.2) is 60.9 Å². The summed E-state index contributed by atoms with van der Waals surface area (Å²) in [7, 11) is 0. The van der Waals surface area contributed by atoms with E-state index in [4.69, 9.17) is 16.3 Å². The molecule has 8 nitrogen and oxygen atoms in total. The number of benzene rings is 2. The molecule has 0 aliphatic rings. The van der Waals surface area contributed by atoms with Crippen LogP contribution in [-0.4, -0.2) is 24.9 Å². The number of hydrogen-bond donors (Lipinski definition) is 0. The van der Waals surface area contributed by atoms with E-state index in [1.54, 1.807) is 36.7 Å².